The fourth-order valence-electron chi connectivity index (χ4n) is 4.66. The van der Waals surface area contributed by atoms with Crippen molar-refractivity contribution in [3.05, 3.63) is 39.9 Å². The maximum atomic E-state index is 13.4. The molecule has 0 spiro atoms. The lowest BCUT2D eigenvalue weighted by Crippen LogP contribution is -2.57. The SMILES string of the molecule is CCC[C@H](NC(=O)[C@@H](NC(=O)CCCC(=O)O)[C@@H](C)CC)C(=O)N[C@@H](CC(C)C)[C@@H](O)CC(=O)NCc1cccc([N+](=O)[O-])c1. The molecule has 0 unspecified atom stereocenters. The molecule has 4 amide bonds. The Bertz CT molecular complexity index is 1160. The van der Waals surface area contributed by atoms with Gasteiger partial charge >= 0.3 is 5.97 Å². The molecule has 14 heteroatoms. The molecule has 0 fully saturated rings. The summed E-state index contributed by atoms with van der Waals surface area (Å²) in [6.07, 6.45) is 0.0527. The number of nitro groups is 1. The lowest BCUT2D eigenvalue weighted by Gasteiger charge is -2.29. The first-order valence-electron chi connectivity index (χ1n) is 15.5. The molecule has 0 aliphatic rings. The fraction of sp³-hybridized carbons (Fsp3) is 0.645. The summed E-state index contributed by atoms with van der Waals surface area (Å²) < 4.78 is 0. The van der Waals surface area contributed by atoms with Crippen molar-refractivity contribution in [3.8, 4) is 0 Å². The van der Waals surface area contributed by atoms with Gasteiger partial charge in [-0.1, -0.05) is 59.6 Å². The highest BCUT2D eigenvalue weighted by molar-refractivity contribution is 5.92. The molecule has 14 nitrogen and oxygen atoms in total. The fourth-order valence-corrected chi connectivity index (χ4v) is 4.66. The highest BCUT2D eigenvalue weighted by atomic mass is 16.6. The van der Waals surface area contributed by atoms with E-state index in [2.05, 4.69) is 21.3 Å². The number of aliphatic hydroxyl groups is 1. The Balaban J connectivity index is 2.92. The number of amides is 4. The van der Waals surface area contributed by atoms with Crippen molar-refractivity contribution < 1.29 is 39.1 Å². The van der Waals surface area contributed by atoms with Gasteiger partial charge in [0, 0.05) is 31.5 Å². The van der Waals surface area contributed by atoms with E-state index in [0.29, 0.717) is 24.8 Å². The number of rotatable bonds is 21. The highest BCUT2D eigenvalue weighted by Crippen LogP contribution is 2.15. The van der Waals surface area contributed by atoms with Crippen molar-refractivity contribution in [2.75, 3.05) is 0 Å². The van der Waals surface area contributed by atoms with Gasteiger partial charge in [-0.05, 0) is 36.7 Å². The molecule has 45 heavy (non-hydrogen) atoms. The van der Waals surface area contributed by atoms with Crippen LogP contribution in [0.15, 0.2) is 24.3 Å². The molecule has 0 aliphatic heterocycles. The van der Waals surface area contributed by atoms with Crippen LogP contribution in [0.5, 0.6) is 0 Å². The largest absolute Gasteiger partial charge is 0.481 e. The monoisotopic (exact) mass is 635 g/mol. The predicted octanol–water partition coefficient (Wildman–Crippen LogP) is 2.56. The standard InChI is InChI=1S/C31H49N5O9/c1-6-10-23(33-31(43)29(20(5)7-2)35-26(38)13-9-14-28(40)41)30(42)34-24(15-19(3)4)25(37)17-27(39)32-18-21-11-8-12-22(16-21)36(44)45/h8,11-12,16,19-20,23-25,29,37H,6-7,9-10,13-15,17-18H2,1-5H3,(H,32,39)(H,33,43)(H,34,42)(H,35,38)(H,40,41)/t20-,23-,24-,25-,29-/m0/s1. The van der Waals surface area contributed by atoms with Gasteiger partial charge in [-0.15, -0.1) is 0 Å². The van der Waals surface area contributed by atoms with Gasteiger partial charge in [0.05, 0.1) is 23.5 Å². The Labute approximate surface area is 264 Å². The minimum atomic E-state index is -1.25. The quantitative estimate of drug-likeness (QED) is 0.0863. The average molecular weight is 636 g/mol. The highest BCUT2D eigenvalue weighted by Gasteiger charge is 2.32. The summed E-state index contributed by atoms with van der Waals surface area (Å²) in [5.74, 6) is -3.30. The summed E-state index contributed by atoms with van der Waals surface area (Å²) in [6.45, 7) is 9.30. The maximum Gasteiger partial charge on any atom is 0.303 e. The number of carbonyl (C=O) groups excluding carboxylic acids is 4. The van der Waals surface area contributed by atoms with Gasteiger partial charge < -0.3 is 31.5 Å². The van der Waals surface area contributed by atoms with Crippen molar-refractivity contribution in [1.82, 2.24) is 21.3 Å². The predicted molar refractivity (Wildman–Crippen MR) is 167 cm³/mol. The van der Waals surface area contributed by atoms with Crippen LogP contribution in [0.4, 0.5) is 5.69 Å². The number of carboxylic acid groups (broad SMARTS) is 1. The minimum Gasteiger partial charge on any atom is -0.481 e. The second-order valence-corrected chi connectivity index (χ2v) is 11.7. The Hall–Kier alpha value is -4.07. The number of nitrogens with zero attached hydrogens (tertiary/aromatic N) is 1. The third-order valence-electron chi connectivity index (χ3n) is 7.34. The van der Waals surface area contributed by atoms with Gasteiger partial charge in [-0.3, -0.25) is 34.1 Å². The number of aliphatic hydroxyl groups excluding tert-OH is 1. The number of aliphatic carboxylic acids is 1. The van der Waals surface area contributed by atoms with Crippen LogP contribution >= 0.6 is 0 Å². The molecule has 0 heterocycles. The van der Waals surface area contributed by atoms with E-state index < -0.39 is 58.8 Å². The van der Waals surface area contributed by atoms with Gasteiger partial charge in [-0.2, -0.15) is 0 Å². The van der Waals surface area contributed by atoms with E-state index in [1.165, 1.54) is 18.2 Å². The van der Waals surface area contributed by atoms with E-state index in [0.717, 1.165) is 0 Å². The van der Waals surface area contributed by atoms with E-state index in [-0.39, 0.29) is 56.2 Å². The van der Waals surface area contributed by atoms with Crippen LogP contribution in [0.2, 0.25) is 0 Å². The van der Waals surface area contributed by atoms with Crippen LogP contribution in [-0.2, 0) is 30.5 Å². The van der Waals surface area contributed by atoms with Crippen molar-refractivity contribution >= 4 is 35.3 Å². The van der Waals surface area contributed by atoms with Gasteiger partial charge in [-0.25, -0.2) is 0 Å². The smallest absolute Gasteiger partial charge is 0.303 e. The lowest BCUT2D eigenvalue weighted by atomic mass is 9.95. The summed E-state index contributed by atoms with van der Waals surface area (Å²) in [6, 6.07) is 3.11. The van der Waals surface area contributed by atoms with Crippen LogP contribution in [0.1, 0.15) is 91.5 Å². The molecule has 0 saturated heterocycles. The Morgan fingerprint density at radius 2 is 1.64 bits per heavy atom. The third kappa shape index (κ3) is 15.0. The molecule has 6 N–H and O–H groups in total. The van der Waals surface area contributed by atoms with Gasteiger partial charge in [0.1, 0.15) is 12.1 Å². The summed E-state index contributed by atoms with van der Waals surface area (Å²) in [5, 5.41) is 41.6. The first-order chi connectivity index (χ1) is 21.2. The van der Waals surface area contributed by atoms with E-state index in [1.807, 2.05) is 27.7 Å². The first kappa shape index (κ1) is 39.0. The molecule has 0 radical (unpaired) electrons. The molecule has 1 rings (SSSR count). The Morgan fingerprint density at radius 3 is 2.22 bits per heavy atom. The summed E-state index contributed by atoms with van der Waals surface area (Å²) >= 11 is 0. The van der Waals surface area contributed by atoms with Crippen LogP contribution in [0, 0.1) is 22.0 Å². The summed E-state index contributed by atoms with van der Waals surface area (Å²) in [5.41, 5.74) is 0.410. The number of non-ortho nitro benzene ring substituents is 1. The molecular formula is C31H49N5O9. The molecular weight excluding hydrogens is 586 g/mol. The topological polar surface area (TPSA) is 217 Å². The zero-order valence-electron chi connectivity index (χ0n) is 26.8. The van der Waals surface area contributed by atoms with E-state index >= 15 is 0 Å². The molecule has 0 saturated carbocycles. The second-order valence-electron chi connectivity index (χ2n) is 11.7. The van der Waals surface area contributed by atoms with Crippen molar-refractivity contribution in [1.29, 1.82) is 0 Å². The molecule has 0 aromatic heterocycles. The zero-order valence-corrected chi connectivity index (χ0v) is 26.8. The molecule has 0 bridgehead atoms. The second kappa shape index (κ2) is 20.1. The molecule has 252 valence electrons. The van der Waals surface area contributed by atoms with Crippen LogP contribution in [0.3, 0.4) is 0 Å². The number of nitrogens with one attached hydrogen (secondary N) is 4. The summed E-state index contributed by atoms with van der Waals surface area (Å²) in [7, 11) is 0. The van der Waals surface area contributed by atoms with Gasteiger partial charge in [0.2, 0.25) is 23.6 Å². The number of hydrogen-bond donors (Lipinski definition) is 6. The average Bonchev–Trinajstić information content (AvgIpc) is 2.97. The lowest BCUT2D eigenvalue weighted by molar-refractivity contribution is -0.384. The van der Waals surface area contributed by atoms with Crippen molar-refractivity contribution in [3.63, 3.8) is 0 Å². The third-order valence-corrected chi connectivity index (χ3v) is 7.34. The minimum absolute atomic E-state index is 0.0203. The number of nitro benzene ring substituents is 1. The van der Waals surface area contributed by atoms with Crippen molar-refractivity contribution in [2.45, 2.75) is 117 Å². The van der Waals surface area contributed by atoms with Crippen LogP contribution in [0.25, 0.3) is 0 Å². The van der Waals surface area contributed by atoms with Gasteiger partial charge in [0.15, 0.2) is 0 Å². The van der Waals surface area contributed by atoms with E-state index in [4.69, 9.17) is 5.11 Å². The zero-order chi connectivity index (χ0) is 34.1. The Kier molecular flexibility index (Phi) is 17.4. The van der Waals surface area contributed by atoms with E-state index in [1.54, 1.807) is 13.0 Å². The van der Waals surface area contributed by atoms with Crippen LogP contribution < -0.4 is 21.3 Å². The normalized spacial score (nSPS) is 14.4. The molecule has 1 aromatic carbocycles. The number of hydrogen-bond acceptors (Lipinski definition) is 8. The van der Waals surface area contributed by atoms with Crippen LogP contribution in [-0.4, -0.2) is 69.0 Å². The number of carbonyl (C=O) groups is 5. The number of carboxylic acids is 1. The summed E-state index contributed by atoms with van der Waals surface area (Å²) in [4.78, 5) is 73.0. The maximum absolute atomic E-state index is 13.4. The molecule has 1 aromatic rings. The Morgan fingerprint density at radius 1 is 0.956 bits per heavy atom. The number of benzene rings is 1. The molecule has 5 atom stereocenters. The first-order valence-corrected chi connectivity index (χ1v) is 15.5. The van der Waals surface area contributed by atoms with E-state index in [9.17, 15) is 39.2 Å². The van der Waals surface area contributed by atoms with Crippen molar-refractivity contribution in [2.24, 2.45) is 11.8 Å². The molecule has 0 aliphatic carbocycles. The van der Waals surface area contributed by atoms with Gasteiger partial charge in [0.25, 0.3) is 5.69 Å².